The quantitative estimate of drug-likeness (QED) is 0.806. The Morgan fingerprint density at radius 2 is 2.14 bits per heavy atom. The van der Waals surface area contributed by atoms with Crippen LogP contribution in [-0.2, 0) is 18.0 Å². The molecule has 0 amide bonds. The molecule has 0 aromatic carbocycles. The highest BCUT2D eigenvalue weighted by molar-refractivity contribution is 5.85. The molecule has 1 aromatic rings. The van der Waals surface area contributed by atoms with Gasteiger partial charge in [-0.2, -0.15) is 0 Å². The van der Waals surface area contributed by atoms with Crippen LogP contribution in [0.25, 0.3) is 0 Å². The summed E-state index contributed by atoms with van der Waals surface area (Å²) < 4.78 is 4.91. The Labute approximate surface area is 89.0 Å². The molecule has 1 aromatic heterocycles. The van der Waals surface area contributed by atoms with E-state index in [2.05, 4.69) is 4.98 Å². The standard InChI is InChI=1S/C9H13NO3.Cl/c1-6-9(12)8(5-13-2)7(4-11)3-10-6;/h3,11-12H,4-5H2,1-2H3;. The molecule has 0 aliphatic heterocycles. The third-order valence-corrected chi connectivity index (χ3v) is 1.89. The molecule has 0 aliphatic carbocycles. The second-order valence-corrected chi connectivity index (χ2v) is 2.79. The summed E-state index contributed by atoms with van der Waals surface area (Å²) in [5.74, 6) is 0.105. The molecule has 1 radical (unpaired) electrons. The van der Waals surface area contributed by atoms with Gasteiger partial charge in [0.15, 0.2) is 0 Å². The van der Waals surface area contributed by atoms with E-state index in [1.54, 1.807) is 13.1 Å². The lowest BCUT2D eigenvalue weighted by atomic mass is 10.1. The van der Waals surface area contributed by atoms with Gasteiger partial charge in [0.25, 0.3) is 0 Å². The Morgan fingerprint density at radius 1 is 1.50 bits per heavy atom. The average molecular weight is 219 g/mol. The fraction of sp³-hybridized carbons (Fsp3) is 0.444. The van der Waals surface area contributed by atoms with Crippen LogP contribution in [0, 0.1) is 6.92 Å². The van der Waals surface area contributed by atoms with Gasteiger partial charge in [-0.3, -0.25) is 4.98 Å². The average Bonchev–Trinajstić information content (AvgIpc) is 2.14. The summed E-state index contributed by atoms with van der Waals surface area (Å²) in [6.07, 6.45) is 1.55. The van der Waals surface area contributed by atoms with E-state index >= 15 is 0 Å². The summed E-state index contributed by atoms with van der Waals surface area (Å²) >= 11 is 0. The van der Waals surface area contributed by atoms with E-state index in [0.717, 1.165) is 0 Å². The van der Waals surface area contributed by atoms with Crippen molar-refractivity contribution in [3.63, 3.8) is 0 Å². The highest BCUT2D eigenvalue weighted by atomic mass is 35.5. The van der Waals surface area contributed by atoms with E-state index in [1.165, 1.54) is 7.11 Å². The molecule has 1 heterocycles. The van der Waals surface area contributed by atoms with Crippen LogP contribution in [0.3, 0.4) is 0 Å². The second-order valence-electron chi connectivity index (χ2n) is 2.79. The summed E-state index contributed by atoms with van der Waals surface area (Å²) in [5, 5.41) is 18.5. The number of rotatable bonds is 3. The zero-order valence-corrected chi connectivity index (χ0v) is 8.88. The molecule has 0 aliphatic rings. The van der Waals surface area contributed by atoms with Crippen LogP contribution in [0.5, 0.6) is 5.75 Å². The minimum atomic E-state index is -0.139. The topological polar surface area (TPSA) is 62.6 Å². The van der Waals surface area contributed by atoms with Gasteiger partial charge < -0.3 is 14.9 Å². The molecule has 0 atom stereocenters. The molecule has 14 heavy (non-hydrogen) atoms. The Balaban J connectivity index is 0.00000169. The summed E-state index contributed by atoms with van der Waals surface area (Å²) in [5.41, 5.74) is 1.76. The van der Waals surface area contributed by atoms with Crippen molar-refractivity contribution < 1.29 is 14.9 Å². The molecular formula is C9H13ClNO3. The Morgan fingerprint density at radius 3 is 2.64 bits per heavy atom. The fourth-order valence-electron chi connectivity index (χ4n) is 1.13. The molecule has 0 fully saturated rings. The predicted molar refractivity (Wildman–Crippen MR) is 53.1 cm³/mol. The van der Waals surface area contributed by atoms with E-state index in [4.69, 9.17) is 9.84 Å². The third-order valence-electron chi connectivity index (χ3n) is 1.89. The number of aliphatic hydroxyl groups is 1. The maximum atomic E-state index is 9.59. The highest BCUT2D eigenvalue weighted by Gasteiger charge is 2.10. The first-order valence-corrected chi connectivity index (χ1v) is 3.96. The minimum Gasteiger partial charge on any atom is -0.506 e. The Kier molecular flexibility index (Phi) is 5.45. The number of aromatic hydroxyl groups is 1. The molecule has 0 saturated heterocycles. The molecule has 1 rings (SSSR count). The van der Waals surface area contributed by atoms with Crippen LogP contribution in [0.4, 0.5) is 0 Å². The monoisotopic (exact) mass is 218 g/mol. The number of halogens is 1. The number of methoxy groups -OCH3 is 1. The van der Waals surface area contributed by atoms with Crippen LogP contribution >= 0.6 is 12.4 Å². The first-order valence-electron chi connectivity index (χ1n) is 3.96. The maximum Gasteiger partial charge on any atom is 0.142 e. The van der Waals surface area contributed by atoms with Crippen molar-refractivity contribution in [2.24, 2.45) is 0 Å². The summed E-state index contributed by atoms with van der Waals surface area (Å²) in [4.78, 5) is 3.93. The zero-order chi connectivity index (χ0) is 9.84. The maximum absolute atomic E-state index is 9.59. The van der Waals surface area contributed by atoms with Gasteiger partial charge >= 0.3 is 0 Å². The number of aliphatic hydroxyl groups excluding tert-OH is 1. The van der Waals surface area contributed by atoms with E-state index in [1.807, 2.05) is 0 Å². The molecule has 0 spiro atoms. The molecule has 4 nitrogen and oxygen atoms in total. The molecule has 0 saturated carbocycles. The summed E-state index contributed by atoms with van der Waals surface area (Å²) in [6.45, 7) is 1.85. The van der Waals surface area contributed by atoms with Gasteiger partial charge in [0.1, 0.15) is 5.75 Å². The van der Waals surface area contributed by atoms with Crippen molar-refractivity contribution in [2.45, 2.75) is 20.1 Å². The number of aryl methyl sites for hydroxylation is 1. The van der Waals surface area contributed by atoms with Crippen molar-refractivity contribution in [3.8, 4) is 5.75 Å². The number of ether oxygens (including phenoxy) is 1. The first-order chi connectivity index (χ1) is 6.20. The second kappa shape index (κ2) is 5.80. The van der Waals surface area contributed by atoms with Crippen molar-refractivity contribution >= 4 is 12.4 Å². The molecule has 0 unspecified atom stereocenters. The van der Waals surface area contributed by atoms with Crippen LogP contribution in [0.15, 0.2) is 6.20 Å². The number of pyridine rings is 1. The Bertz CT molecular complexity index is 304. The number of hydrogen-bond donors (Lipinski definition) is 2. The normalized spacial score (nSPS) is 9.64. The lowest BCUT2D eigenvalue weighted by molar-refractivity contribution is 0.178. The molecule has 2 N–H and O–H groups in total. The van der Waals surface area contributed by atoms with Crippen molar-refractivity contribution in [1.82, 2.24) is 4.98 Å². The van der Waals surface area contributed by atoms with Crippen LogP contribution in [0.1, 0.15) is 16.8 Å². The molecule has 79 valence electrons. The highest BCUT2D eigenvalue weighted by Crippen LogP contribution is 2.24. The van der Waals surface area contributed by atoms with Gasteiger partial charge in [0.05, 0.1) is 18.9 Å². The minimum absolute atomic E-state index is 0. The van der Waals surface area contributed by atoms with E-state index in [9.17, 15) is 5.11 Å². The van der Waals surface area contributed by atoms with E-state index in [-0.39, 0.29) is 31.4 Å². The van der Waals surface area contributed by atoms with Crippen LogP contribution < -0.4 is 0 Å². The number of hydrogen-bond acceptors (Lipinski definition) is 4. The van der Waals surface area contributed by atoms with E-state index in [0.29, 0.717) is 16.8 Å². The number of nitrogens with zero attached hydrogens (tertiary/aromatic N) is 1. The van der Waals surface area contributed by atoms with Gasteiger partial charge in [-0.15, -0.1) is 0 Å². The van der Waals surface area contributed by atoms with Crippen LogP contribution in [-0.4, -0.2) is 22.3 Å². The van der Waals surface area contributed by atoms with Gasteiger partial charge in [-0.1, -0.05) is 0 Å². The van der Waals surface area contributed by atoms with Gasteiger partial charge in [-0.25, -0.2) is 0 Å². The van der Waals surface area contributed by atoms with Crippen molar-refractivity contribution in [2.75, 3.05) is 7.11 Å². The van der Waals surface area contributed by atoms with Gasteiger partial charge in [0.2, 0.25) is 0 Å². The summed E-state index contributed by atoms with van der Waals surface area (Å²) in [7, 11) is 1.54. The smallest absolute Gasteiger partial charge is 0.142 e. The first kappa shape index (κ1) is 13.2. The molecule has 5 heteroatoms. The Hall–Kier alpha value is -0.840. The van der Waals surface area contributed by atoms with E-state index < -0.39 is 0 Å². The SMILES string of the molecule is COCc1c(CO)cnc(C)c1O.[Cl]. The van der Waals surface area contributed by atoms with Crippen LogP contribution in [0.2, 0.25) is 0 Å². The third kappa shape index (κ3) is 2.57. The van der Waals surface area contributed by atoms with Gasteiger partial charge in [-0.05, 0) is 6.92 Å². The molecular weight excluding hydrogens is 206 g/mol. The largest absolute Gasteiger partial charge is 0.506 e. The lowest BCUT2D eigenvalue weighted by Crippen LogP contribution is -1.99. The van der Waals surface area contributed by atoms with Crippen molar-refractivity contribution in [1.29, 1.82) is 0 Å². The van der Waals surface area contributed by atoms with Gasteiger partial charge in [0, 0.05) is 36.8 Å². The number of aromatic nitrogens is 1. The van der Waals surface area contributed by atoms with Crippen molar-refractivity contribution in [3.05, 3.63) is 23.0 Å². The zero-order valence-electron chi connectivity index (χ0n) is 8.12. The summed E-state index contributed by atoms with van der Waals surface area (Å²) in [6, 6.07) is 0. The fourth-order valence-corrected chi connectivity index (χ4v) is 1.13. The molecule has 0 bridgehead atoms. The predicted octanol–water partition coefficient (Wildman–Crippen LogP) is 1.42. The lowest BCUT2D eigenvalue weighted by Gasteiger charge is -2.09.